The Bertz CT molecular complexity index is 1240. The highest BCUT2D eigenvalue weighted by Crippen LogP contribution is 2.31. The van der Waals surface area contributed by atoms with Crippen molar-refractivity contribution in [3.05, 3.63) is 42.7 Å². The SMILES string of the molecule is NC(=O)C1(CCCCn2cnc3c(N)nc4ccccc4c32)C=CC(N2CCOCC2)=NC1. The number of para-hydroxylation sites is 1. The van der Waals surface area contributed by atoms with Crippen molar-refractivity contribution in [3.63, 3.8) is 0 Å². The van der Waals surface area contributed by atoms with Crippen LogP contribution in [-0.2, 0) is 16.1 Å². The molecule has 4 heterocycles. The summed E-state index contributed by atoms with van der Waals surface area (Å²) in [7, 11) is 0. The Hall–Kier alpha value is -3.46. The molecule has 0 saturated carbocycles. The maximum atomic E-state index is 12.4. The molecule has 1 amide bonds. The van der Waals surface area contributed by atoms with E-state index in [4.69, 9.17) is 21.2 Å². The predicted molar refractivity (Wildman–Crippen MR) is 129 cm³/mol. The van der Waals surface area contributed by atoms with Gasteiger partial charge in [-0.25, -0.2) is 9.97 Å². The highest BCUT2D eigenvalue weighted by atomic mass is 16.5. The van der Waals surface area contributed by atoms with Crippen molar-refractivity contribution in [3.8, 4) is 0 Å². The first kappa shape index (κ1) is 21.4. The Morgan fingerprint density at radius 2 is 2.00 bits per heavy atom. The third-order valence-corrected chi connectivity index (χ3v) is 6.65. The van der Waals surface area contributed by atoms with Crippen LogP contribution in [0.2, 0.25) is 0 Å². The molecule has 1 fully saturated rings. The lowest BCUT2D eigenvalue weighted by molar-refractivity contribution is -0.125. The summed E-state index contributed by atoms with van der Waals surface area (Å²) in [4.78, 5) is 28.2. The van der Waals surface area contributed by atoms with Crippen molar-refractivity contribution in [1.82, 2.24) is 19.4 Å². The minimum Gasteiger partial charge on any atom is -0.382 e. The zero-order chi connectivity index (χ0) is 22.8. The number of unbranched alkanes of at least 4 members (excludes halogenated alkanes) is 1. The summed E-state index contributed by atoms with van der Waals surface area (Å²) in [5.74, 6) is 1.04. The fraction of sp³-hybridized carbons (Fsp3) is 0.417. The minimum atomic E-state index is -0.728. The number of rotatable bonds is 6. The van der Waals surface area contributed by atoms with E-state index in [1.165, 1.54) is 0 Å². The summed E-state index contributed by atoms with van der Waals surface area (Å²) >= 11 is 0. The molecule has 0 aliphatic carbocycles. The number of amidine groups is 1. The van der Waals surface area contributed by atoms with Crippen molar-refractivity contribution in [2.24, 2.45) is 16.1 Å². The number of aryl methyl sites for hydroxylation is 1. The molecule has 172 valence electrons. The number of nitrogen functional groups attached to an aromatic ring is 1. The second-order valence-electron chi connectivity index (χ2n) is 8.73. The van der Waals surface area contributed by atoms with Crippen LogP contribution in [0.25, 0.3) is 21.9 Å². The summed E-state index contributed by atoms with van der Waals surface area (Å²) < 4.78 is 7.53. The maximum absolute atomic E-state index is 12.4. The van der Waals surface area contributed by atoms with Gasteiger partial charge in [-0.1, -0.05) is 30.7 Å². The molecule has 5 rings (SSSR count). The number of anilines is 1. The second-order valence-corrected chi connectivity index (χ2v) is 8.73. The first-order chi connectivity index (χ1) is 16.1. The molecular formula is C24H29N7O2. The highest BCUT2D eigenvalue weighted by molar-refractivity contribution is 6.06. The fourth-order valence-electron chi connectivity index (χ4n) is 4.70. The summed E-state index contributed by atoms with van der Waals surface area (Å²) in [6, 6.07) is 7.95. The van der Waals surface area contributed by atoms with E-state index < -0.39 is 5.41 Å². The van der Waals surface area contributed by atoms with E-state index in [2.05, 4.69) is 19.4 Å². The van der Waals surface area contributed by atoms with Gasteiger partial charge < -0.3 is 25.7 Å². The number of hydrogen-bond acceptors (Lipinski definition) is 7. The molecule has 1 aromatic carbocycles. The number of morpholine rings is 1. The summed E-state index contributed by atoms with van der Waals surface area (Å²) in [6.07, 6.45) is 8.11. The number of amides is 1. The average Bonchev–Trinajstić information content (AvgIpc) is 3.28. The first-order valence-electron chi connectivity index (χ1n) is 11.4. The molecule has 9 nitrogen and oxygen atoms in total. The number of nitrogens with two attached hydrogens (primary N) is 2. The monoisotopic (exact) mass is 447 g/mol. The Balaban J connectivity index is 1.26. The van der Waals surface area contributed by atoms with Crippen LogP contribution in [0.1, 0.15) is 19.3 Å². The number of hydrogen-bond donors (Lipinski definition) is 2. The first-order valence-corrected chi connectivity index (χ1v) is 11.4. The Morgan fingerprint density at radius 3 is 2.76 bits per heavy atom. The number of ether oxygens (including phenoxy) is 1. The molecule has 0 bridgehead atoms. The Kier molecular flexibility index (Phi) is 5.72. The van der Waals surface area contributed by atoms with Crippen LogP contribution < -0.4 is 11.5 Å². The van der Waals surface area contributed by atoms with Gasteiger partial charge >= 0.3 is 0 Å². The lowest BCUT2D eigenvalue weighted by Gasteiger charge is -2.33. The number of benzene rings is 1. The van der Waals surface area contributed by atoms with Gasteiger partial charge in [0, 0.05) is 25.0 Å². The predicted octanol–water partition coefficient (Wildman–Crippen LogP) is 2.11. The number of nitrogens with zero attached hydrogens (tertiary/aromatic N) is 5. The van der Waals surface area contributed by atoms with E-state index >= 15 is 0 Å². The van der Waals surface area contributed by atoms with Gasteiger partial charge in [-0.05, 0) is 25.0 Å². The molecule has 0 spiro atoms. The Morgan fingerprint density at radius 1 is 1.18 bits per heavy atom. The zero-order valence-corrected chi connectivity index (χ0v) is 18.6. The van der Waals surface area contributed by atoms with Gasteiger partial charge in [-0.2, -0.15) is 0 Å². The standard InChI is InChI=1S/C24H29N7O2/c25-22-20-21(17-5-1-2-6-18(17)29-22)31(16-28-20)10-4-3-8-24(23(26)32)9-7-19(27-15-24)30-11-13-33-14-12-30/h1-2,5-7,9,16H,3-4,8,10-15H2,(H2,25,29)(H2,26,32). The van der Waals surface area contributed by atoms with Crippen molar-refractivity contribution in [1.29, 1.82) is 0 Å². The van der Waals surface area contributed by atoms with E-state index in [-0.39, 0.29) is 5.91 Å². The van der Waals surface area contributed by atoms with Crippen LogP contribution >= 0.6 is 0 Å². The van der Waals surface area contributed by atoms with Crippen LogP contribution in [0.5, 0.6) is 0 Å². The molecule has 4 N–H and O–H groups in total. The molecule has 0 radical (unpaired) electrons. The van der Waals surface area contributed by atoms with E-state index in [0.29, 0.717) is 32.0 Å². The van der Waals surface area contributed by atoms with E-state index in [1.54, 1.807) is 0 Å². The fourth-order valence-corrected chi connectivity index (χ4v) is 4.70. The molecule has 2 aliphatic rings. The Labute approximate surface area is 192 Å². The van der Waals surface area contributed by atoms with E-state index in [9.17, 15) is 4.79 Å². The second kappa shape index (κ2) is 8.82. The number of pyridine rings is 1. The normalized spacial score (nSPS) is 21.0. The van der Waals surface area contributed by atoms with Crippen molar-refractivity contribution >= 4 is 39.5 Å². The largest absolute Gasteiger partial charge is 0.382 e. The molecule has 1 unspecified atom stereocenters. The van der Waals surface area contributed by atoms with Crippen LogP contribution in [0.4, 0.5) is 5.82 Å². The van der Waals surface area contributed by atoms with Crippen molar-refractivity contribution in [2.45, 2.75) is 25.8 Å². The van der Waals surface area contributed by atoms with Gasteiger partial charge in [0.05, 0.1) is 42.5 Å². The average molecular weight is 448 g/mol. The summed E-state index contributed by atoms with van der Waals surface area (Å²) in [6.45, 7) is 4.21. The van der Waals surface area contributed by atoms with Crippen LogP contribution in [0.3, 0.4) is 0 Å². The zero-order valence-electron chi connectivity index (χ0n) is 18.6. The quantitative estimate of drug-likeness (QED) is 0.558. The van der Waals surface area contributed by atoms with E-state index in [1.807, 2.05) is 42.7 Å². The number of aliphatic imine (C=N–C) groups is 1. The molecule has 2 aromatic heterocycles. The molecule has 2 aliphatic heterocycles. The number of dihydropyridines is 1. The van der Waals surface area contributed by atoms with Crippen LogP contribution in [0, 0.1) is 5.41 Å². The summed E-state index contributed by atoms with van der Waals surface area (Å²) in [5, 5.41) is 1.04. The minimum absolute atomic E-state index is 0.318. The topological polar surface area (TPSA) is 125 Å². The smallest absolute Gasteiger partial charge is 0.229 e. The number of carbonyl (C=O) groups excluding carboxylic acids is 1. The number of primary amides is 1. The lowest BCUT2D eigenvalue weighted by Crippen LogP contribution is -2.44. The van der Waals surface area contributed by atoms with Crippen LogP contribution in [-0.4, -0.2) is 64.0 Å². The summed E-state index contributed by atoms with van der Waals surface area (Å²) in [5.41, 5.74) is 13.8. The molecule has 9 heteroatoms. The van der Waals surface area contributed by atoms with E-state index in [0.717, 1.165) is 60.2 Å². The molecule has 1 atom stereocenters. The molecule has 1 saturated heterocycles. The van der Waals surface area contributed by atoms with Gasteiger partial charge in [0.2, 0.25) is 5.91 Å². The maximum Gasteiger partial charge on any atom is 0.229 e. The number of fused-ring (bicyclic) bond motifs is 3. The molecule has 33 heavy (non-hydrogen) atoms. The lowest BCUT2D eigenvalue weighted by atomic mass is 9.80. The van der Waals surface area contributed by atoms with Gasteiger partial charge in [0.1, 0.15) is 11.4 Å². The third-order valence-electron chi connectivity index (χ3n) is 6.65. The number of imidazole rings is 1. The van der Waals surface area contributed by atoms with Crippen molar-refractivity contribution < 1.29 is 9.53 Å². The molecular weight excluding hydrogens is 418 g/mol. The third kappa shape index (κ3) is 4.04. The number of aromatic nitrogens is 3. The van der Waals surface area contributed by atoms with Gasteiger partial charge in [-0.3, -0.25) is 9.79 Å². The molecule has 3 aromatic rings. The van der Waals surface area contributed by atoms with Gasteiger partial charge in [0.15, 0.2) is 5.82 Å². The number of carbonyl (C=O) groups is 1. The van der Waals surface area contributed by atoms with Crippen LogP contribution in [0.15, 0.2) is 47.7 Å². The highest BCUT2D eigenvalue weighted by Gasteiger charge is 2.36. The van der Waals surface area contributed by atoms with Crippen molar-refractivity contribution in [2.75, 3.05) is 38.6 Å². The van der Waals surface area contributed by atoms with Gasteiger partial charge in [-0.15, -0.1) is 0 Å². The van der Waals surface area contributed by atoms with Gasteiger partial charge in [0.25, 0.3) is 0 Å².